The molecule has 1 unspecified atom stereocenters. The fourth-order valence-electron chi connectivity index (χ4n) is 3.02. The van der Waals surface area contributed by atoms with Gasteiger partial charge in [-0.1, -0.05) is 0 Å². The second-order valence-electron chi connectivity index (χ2n) is 5.66. The Morgan fingerprint density at radius 1 is 1.26 bits per heavy atom. The number of hydrogen-bond acceptors (Lipinski definition) is 3. The average Bonchev–Trinajstić information content (AvgIpc) is 3.02. The Morgan fingerprint density at radius 2 is 2.04 bits per heavy atom. The predicted octanol–water partition coefficient (Wildman–Crippen LogP) is 2.56. The van der Waals surface area contributed by atoms with Gasteiger partial charge in [-0.25, -0.2) is 8.78 Å². The van der Waals surface area contributed by atoms with Crippen molar-refractivity contribution in [3.05, 3.63) is 48.0 Å². The molecule has 7 heteroatoms. The Labute approximate surface area is 132 Å². The molecule has 3 heterocycles. The van der Waals surface area contributed by atoms with E-state index in [2.05, 4.69) is 10.1 Å². The van der Waals surface area contributed by atoms with Gasteiger partial charge in [0.25, 0.3) is 12.3 Å². The Hall–Kier alpha value is -2.31. The van der Waals surface area contributed by atoms with Crippen LogP contribution in [0.25, 0.3) is 0 Å². The summed E-state index contributed by atoms with van der Waals surface area (Å²) in [7, 11) is 0. The van der Waals surface area contributed by atoms with Crippen molar-refractivity contribution >= 4 is 5.91 Å². The molecule has 23 heavy (non-hydrogen) atoms. The number of carbonyl (C=O) groups excluding carboxylic acids is 1. The number of pyridine rings is 1. The summed E-state index contributed by atoms with van der Waals surface area (Å²) in [4.78, 5) is 18.4. The number of alkyl halides is 2. The van der Waals surface area contributed by atoms with Crippen molar-refractivity contribution in [3.8, 4) is 0 Å². The molecule has 1 atom stereocenters. The highest BCUT2D eigenvalue weighted by molar-refractivity contribution is 5.92. The lowest BCUT2D eigenvalue weighted by Gasteiger charge is -2.33. The van der Waals surface area contributed by atoms with Gasteiger partial charge < -0.3 is 4.90 Å². The van der Waals surface area contributed by atoms with Crippen molar-refractivity contribution in [1.29, 1.82) is 0 Å². The summed E-state index contributed by atoms with van der Waals surface area (Å²) >= 11 is 0. The molecule has 0 saturated carbocycles. The van der Waals surface area contributed by atoms with E-state index in [1.165, 1.54) is 12.3 Å². The van der Waals surface area contributed by atoms with Crippen LogP contribution in [-0.4, -0.2) is 45.1 Å². The van der Waals surface area contributed by atoms with Gasteiger partial charge in [-0.05, 0) is 36.6 Å². The first-order valence-corrected chi connectivity index (χ1v) is 7.64. The molecule has 0 aromatic carbocycles. The Kier molecular flexibility index (Phi) is 4.64. The molecule has 1 aliphatic rings. The quantitative estimate of drug-likeness (QED) is 0.870. The Morgan fingerprint density at radius 3 is 2.78 bits per heavy atom. The number of rotatable bonds is 4. The van der Waals surface area contributed by atoms with E-state index in [0.717, 1.165) is 23.1 Å². The second-order valence-corrected chi connectivity index (χ2v) is 5.66. The van der Waals surface area contributed by atoms with Crippen LogP contribution in [0.3, 0.4) is 0 Å². The summed E-state index contributed by atoms with van der Waals surface area (Å²) < 4.78 is 26.2. The largest absolute Gasteiger partial charge is 0.337 e. The topological polar surface area (TPSA) is 51.0 Å². The van der Waals surface area contributed by atoms with Crippen molar-refractivity contribution in [3.63, 3.8) is 0 Å². The number of aromatic nitrogens is 3. The van der Waals surface area contributed by atoms with Gasteiger partial charge in [0.1, 0.15) is 12.2 Å². The van der Waals surface area contributed by atoms with Crippen molar-refractivity contribution in [1.82, 2.24) is 19.7 Å². The lowest BCUT2D eigenvalue weighted by molar-refractivity contribution is 0.0682. The number of hydrogen-bond donors (Lipinski definition) is 0. The first-order chi connectivity index (χ1) is 11.1. The Balaban J connectivity index is 1.74. The van der Waals surface area contributed by atoms with Crippen LogP contribution in [0.2, 0.25) is 0 Å². The fraction of sp³-hybridized carbons (Fsp3) is 0.438. The van der Waals surface area contributed by atoms with Gasteiger partial charge in [-0.3, -0.25) is 14.5 Å². The van der Waals surface area contributed by atoms with Crippen molar-refractivity contribution < 1.29 is 13.6 Å². The number of likely N-dealkylation sites (tertiary alicyclic amines) is 1. The van der Waals surface area contributed by atoms with E-state index in [0.29, 0.717) is 13.1 Å². The normalized spacial score (nSPS) is 18.4. The van der Waals surface area contributed by atoms with Crippen LogP contribution in [-0.2, 0) is 6.54 Å². The van der Waals surface area contributed by atoms with Crippen LogP contribution < -0.4 is 0 Å². The van der Waals surface area contributed by atoms with Gasteiger partial charge >= 0.3 is 0 Å². The SMILES string of the molecule is O=C(c1ccnn1CC(F)F)N1CCCC(c2ccncc2)C1. The monoisotopic (exact) mass is 320 g/mol. The lowest BCUT2D eigenvalue weighted by atomic mass is 9.91. The van der Waals surface area contributed by atoms with E-state index in [4.69, 9.17) is 0 Å². The molecule has 3 rings (SSSR count). The highest BCUT2D eigenvalue weighted by atomic mass is 19.3. The minimum Gasteiger partial charge on any atom is -0.337 e. The molecule has 1 saturated heterocycles. The minimum atomic E-state index is -2.53. The molecule has 2 aromatic rings. The molecule has 0 N–H and O–H groups in total. The average molecular weight is 320 g/mol. The van der Waals surface area contributed by atoms with Gasteiger partial charge in [0.05, 0.1) is 0 Å². The molecule has 1 amide bonds. The van der Waals surface area contributed by atoms with Gasteiger partial charge in [0.2, 0.25) is 0 Å². The first kappa shape index (κ1) is 15.6. The molecule has 122 valence electrons. The maximum absolute atomic E-state index is 12.6. The number of carbonyl (C=O) groups is 1. The molecule has 0 aliphatic carbocycles. The zero-order chi connectivity index (χ0) is 16.2. The summed E-state index contributed by atoms with van der Waals surface area (Å²) in [5.41, 5.74) is 1.37. The van der Waals surface area contributed by atoms with Gasteiger partial charge in [-0.15, -0.1) is 0 Å². The standard InChI is InChI=1S/C16H18F2N4O/c17-15(18)11-22-14(5-8-20-22)16(23)21-9-1-2-13(10-21)12-3-6-19-7-4-12/h3-8,13,15H,1-2,9-11H2. The van der Waals surface area contributed by atoms with Crippen LogP contribution in [0, 0.1) is 0 Å². The van der Waals surface area contributed by atoms with E-state index in [1.54, 1.807) is 17.3 Å². The van der Waals surface area contributed by atoms with Crippen LogP contribution in [0.5, 0.6) is 0 Å². The van der Waals surface area contributed by atoms with E-state index in [-0.39, 0.29) is 17.5 Å². The minimum absolute atomic E-state index is 0.223. The summed E-state index contributed by atoms with van der Waals surface area (Å²) in [6, 6.07) is 5.42. The molecule has 0 bridgehead atoms. The van der Waals surface area contributed by atoms with Crippen molar-refractivity contribution in [2.45, 2.75) is 31.7 Å². The molecular weight excluding hydrogens is 302 g/mol. The number of piperidine rings is 1. The number of amides is 1. The van der Waals surface area contributed by atoms with Crippen LogP contribution >= 0.6 is 0 Å². The molecule has 2 aromatic heterocycles. The molecule has 1 aliphatic heterocycles. The first-order valence-electron chi connectivity index (χ1n) is 7.64. The van der Waals surface area contributed by atoms with E-state index < -0.39 is 13.0 Å². The summed E-state index contributed by atoms with van der Waals surface area (Å²) in [6.45, 7) is 0.665. The summed E-state index contributed by atoms with van der Waals surface area (Å²) in [5, 5.41) is 3.83. The van der Waals surface area contributed by atoms with Crippen LogP contribution in [0.15, 0.2) is 36.8 Å². The van der Waals surface area contributed by atoms with Gasteiger partial charge in [-0.2, -0.15) is 5.10 Å². The third kappa shape index (κ3) is 3.55. The van der Waals surface area contributed by atoms with Crippen molar-refractivity contribution in [2.24, 2.45) is 0 Å². The smallest absolute Gasteiger partial charge is 0.272 e. The zero-order valence-corrected chi connectivity index (χ0v) is 12.6. The second kappa shape index (κ2) is 6.85. The Bertz CT molecular complexity index is 659. The van der Waals surface area contributed by atoms with Crippen LogP contribution in [0.1, 0.15) is 34.8 Å². The number of nitrogens with zero attached hydrogens (tertiary/aromatic N) is 4. The maximum atomic E-state index is 12.6. The fourth-order valence-corrected chi connectivity index (χ4v) is 3.02. The molecular formula is C16H18F2N4O. The maximum Gasteiger partial charge on any atom is 0.272 e. The van der Waals surface area contributed by atoms with E-state index >= 15 is 0 Å². The number of halogens is 2. The molecule has 0 radical (unpaired) electrons. The molecule has 0 spiro atoms. The molecule has 5 nitrogen and oxygen atoms in total. The summed E-state index contributed by atoms with van der Waals surface area (Å²) in [5.74, 6) is 0.0177. The van der Waals surface area contributed by atoms with E-state index in [9.17, 15) is 13.6 Å². The van der Waals surface area contributed by atoms with Gasteiger partial charge in [0.15, 0.2) is 0 Å². The zero-order valence-electron chi connectivity index (χ0n) is 12.6. The third-order valence-electron chi connectivity index (χ3n) is 4.13. The van der Waals surface area contributed by atoms with Crippen molar-refractivity contribution in [2.75, 3.05) is 13.1 Å². The molecule has 1 fully saturated rings. The summed E-state index contributed by atoms with van der Waals surface area (Å²) in [6.07, 6.45) is 4.24. The third-order valence-corrected chi connectivity index (χ3v) is 4.13. The van der Waals surface area contributed by atoms with Gasteiger partial charge in [0, 0.05) is 37.6 Å². The lowest BCUT2D eigenvalue weighted by Crippen LogP contribution is -2.40. The van der Waals surface area contributed by atoms with Crippen LogP contribution in [0.4, 0.5) is 8.78 Å². The predicted molar refractivity (Wildman–Crippen MR) is 80.3 cm³/mol. The highest BCUT2D eigenvalue weighted by Crippen LogP contribution is 2.27. The highest BCUT2D eigenvalue weighted by Gasteiger charge is 2.27. The van der Waals surface area contributed by atoms with E-state index in [1.807, 2.05) is 12.1 Å².